The molecule has 3 N–H and O–H groups in total. The number of alkyl halides is 5. The number of fused-ring (bicyclic) bond motifs is 1. The maximum Gasteiger partial charge on any atom is 0.416 e. The van der Waals surface area contributed by atoms with Gasteiger partial charge in [0.05, 0.1) is 46.9 Å². The fourth-order valence-corrected chi connectivity index (χ4v) is 6.05. The van der Waals surface area contributed by atoms with Crippen LogP contribution in [-0.2, 0) is 16.0 Å². The Morgan fingerprint density at radius 2 is 1.84 bits per heavy atom. The average molecular weight is 546 g/mol. The van der Waals surface area contributed by atoms with Crippen molar-refractivity contribution in [3.8, 4) is 5.69 Å². The predicted octanol–water partition coefficient (Wildman–Crippen LogP) is 3.00. The Morgan fingerprint density at radius 1 is 1.11 bits per heavy atom. The van der Waals surface area contributed by atoms with E-state index in [9.17, 15) is 30.4 Å². The topological polar surface area (TPSA) is 119 Å². The van der Waals surface area contributed by atoms with Gasteiger partial charge in [0.15, 0.2) is 5.65 Å². The van der Waals surface area contributed by atoms with E-state index in [2.05, 4.69) is 20.4 Å². The van der Waals surface area contributed by atoms with Gasteiger partial charge in [0.1, 0.15) is 15.7 Å². The number of anilines is 2. The standard InChI is InChI=1S/C22H24F5N7O2S/c23-21(24)12-33(7-4-17(21)28)18-16-11-29-34(15-3-1-2-13(10-15)22(25,26)27)19(16)32-20(31-18)30-14-5-8-37(35,36)9-6-14/h1-3,10-11,14,17H,4-9,12,28H2,(H,30,31,32). The summed E-state index contributed by atoms with van der Waals surface area (Å²) in [6, 6.07) is 2.92. The summed E-state index contributed by atoms with van der Waals surface area (Å²) in [5, 5.41) is 7.56. The number of nitrogens with two attached hydrogens (primary N) is 1. The first-order chi connectivity index (χ1) is 17.3. The molecule has 0 saturated carbocycles. The van der Waals surface area contributed by atoms with Crippen molar-refractivity contribution in [1.82, 2.24) is 19.7 Å². The SMILES string of the molecule is NC1CCN(c2nc(NC3CCS(=O)(=O)CC3)nc3c2cnn3-c2cccc(C(F)(F)F)c2)CC1(F)F. The summed E-state index contributed by atoms with van der Waals surface area (Å²) < 4.78 is 93.7. The van der Waals surface area contributed by atoms with Crippen LogP contribution in [-0.4, -0.2) is 70.8 Å². The van der Waals surface area contributed by atoms with Gasteiger partial charge in [0.2, 0.25) is 5.95 Å². The second kappa shape index (κ2) is 9.04. The molecule has 5 rings (SSSR count). The summed E-state index contributed by atoms with van der Waals surface area (Å²) >= 11 is 0. The van der Waals surface area contributed by atoms with Crippen molar-refractivity contribution in [3.05, 3.63) is 36.0 Å². The van der Waals surface area contributed by atoms with Crippen molar-refractivity contribution >= 4 is 32.6 Å². The first-order valence-electron chi connectivity index (χ1n) is 11.6. The zero-order valence-electron chi connectivity index (χ0n) is 19.4. The lowest BCUT2D eigenvalue weighted by atomic mass is 10.0. The third kappa shape index (κ3) is 5.19. The monoisotopic (exact) mass is 545 g/mol. The number of nitrogens with one attached hydrogen (secondary N) is 1. The fraction of sp³-hybridized carbons (Fsp3) is 0.500. The third-order valence-electron chi connectivity index (χ3n) is 6.67. The van der Waals surface area contributed by atoms with Gasteiger partial charge in [-0.3, -0.25) is 0 Å². The Hall–Kier alpha value is -3.07. The number of sulfone groups is 1. The van der Waals surface area contributed by atoms with Gasteiger partial charge in [-0.25, -0.2) is 21.9 Å². The van der Waals surface area contributed by atoms with Crippen LogP contribution in [0.1, 0.15) is 24.8 Å². The number of aromatic nitrogens is 4. The molecular weight excluding hydrogens is 521 g/mol. The lowest BCUT2D eigenvalue weighted by Crippen LogP contribution is -2.55. The number of hydrogen-bond donors (Lipinski definition) is 2. The first-order valence-corrected chi connectivity index (χ1v) is 13.4. The number of benzene rings is 1. The molecule has 2 fully saturated rings. The molecular formula is C22H24F5N7O2S. The van der Waals surface area contributed by atoms with Crippen LogP contribution in [0.2, 0.25) is 0 Å². The predicted molar refractivity (Wildman–Crippen MR) is 127 cm³/mol. The average Bonchev–Trinajstić information content (AvgIpc) is 3.25. The molecule has 4 heterocycles. The van der Waals surface area contributed by atoms with Gasteiger partial charge in [-0.15, -0.1) is 0 Å². The van der Waals surface area contributed by atoms with Gasteiger partial charge in [-0.05, 0) is 37.5 Å². The molecule has 3 aromatic rings. The van der Waals surface area contributed by atoms with Gasteiger partial charge in [-0.2, -0.15) is 28.2 Å². The fourth-order valence-electron chi connectivity index (χ4n) is 4.56. The summed E-state index contributed by atoms with van der Waals surface area (Å²) in [5.41, 5.74) is 4.91. The van der Waals surface area contributed by atoms with Gasteiger partial charge in [-0.1, -0.05) is 6.07 Å². The smallest absolute Gasteiger partial charge is 0.351 e. The van der Waals surface area contributed by atoms with E-state index in [1.54, 1.807) is 0 Å². The van der Waals surface area contributed by atoms with Gasteiger partial charge in [0, 0.05) is 12.6 Å². The summed E-state index contributed by atoms with van der Waals surface area (Å²) in [6.07, 6.45) is -2.63. The molecule has 2 aliphatic heterocycles. The van der Waals surface area contributed by atoms with Crippen molar-refractivity contribution < 1.29 is 30.4 Å². The zero-order chi connectivity index (χ0) is 26.6. The van der Waals surface area contributed by atoms with E-state index in [1.807, 2.05) is 0 Å². The van der Waals surface area contributed by atoms with E-state index in [0.717, 1.165) is 12.1 Å². The van der Waals surface area contributed by atoms with Crippen LogP contribution in [0.5, 0.6) is 0 Å². The minimum atomic E-state index is -4.58. The molecule has 200 valence electrons. The van der Waals surface area contributed by atoms with E-state index in [0.29, 0.717) is 12.8 Å². The molecule has 2 saturated heterocycles. The van der Waals surface area contributed by atoms with Crippen molar-refractivity contribution in [2.45, 2.75) is 43.4 Å². The van der Waals surface area contributed by atoms with E-state index in [1.165, 1.54) is 27.9 Å². The number of nitrogens with zero attached hydrogens (tertiary/aromatic N) is 5. The van der Waals surface area contributed by atoms with Crippen molar-refractivity contribution in [1.29, 1.82) is 0 Å². The minimum Gasteiger partial charge on any atom is -0.351 e. The highest BCUT2D eigenvalue weighted by Gasteiger charge is 2.43. The maximum absolute atomic E-state index is 14.5. The minimum absolute atomic E-state index is 0.00348. The summed E-state index contributed by atoms with van der Waals surface area (Å²) in [5.74, 6) is -3.03. The van der Waals surface area contributed by atoms with Crippen LogP contribution in [0, 0.1) is 0 Å². The molecule has 1 aromatic carbocycles. The van der Waals surface area contributed by atoms with Crippen LogP contribution in [0.25, 0.3) is 16.7 Å². The van der Waals surface area contributed by atoms with E-state index < -0.39 is 40.1 Å². The molecule has 0 aliphatic carbocycles. The molecule has 9 nitrogen and oxygen atoms in total. The lowest BCUT2D eigenvalue weighted by molar-refractivity contribution is -0.137. The summed E-state index contributed by atoms with van der Waals surface area (Å²) in [4.78, 5) is 10.3. The first kappa shape index (κ1) is 25.6. The summed E-state index contributed by atoms with van der Waals surface area (Å²) in [7, 11) is -3.13. The highest BCUT2D eigenvalue weighted by atomic mass is 32.2. The number of halogens is 5. The molecule has 2 aromatic heterocycles. The zero-order valence-corrected chi connectivity index (χ0v) is 20.2. The molecule has 1 atom stereocenters. The van der Waals surface area contributed by atoms with Crippen molar-refractivity contribution in [2.24, 2.45) is 5.73 Å². The molecule has 0 bridgehead atoms. The normalized spacial score (nSPS) is 22.3. The van der Waals surface area contributed by atoms with Crippen LogP contribution >= 0.6 is 0 Å². The van der Waals surface area contributed by atoms with E-state index in [4.69, 9.17) is 5.73 Å². The number of hydrogen-bond acceptors (Lipinski definition) is 8. The molecule has 37 heavy (non-hydrogen) atoms. The largest absolute Gasteiger partial charge is 0.416 e. The highest BCUT2D eigenvalue weighted by Crippen LogP contribution is 2.35. The maximum atomic E-state index is 14.5. The molecule has 0 amide bonds. The number of rotatable bonds is 4. The van der Waals surface area contributed by atoms with Gasteiger partial charge < -0.3 is 16.0 Å². The van der Waals surface area contributed by atoms with Crippen LogP contribution in [0.4, 0.5) is 33.7 Å². The van der Waals surface area contributed by atoms with Crippen LogP contribution in [0.3, 0.4) is 0 Å². The van der Waals surface area contributed by atoms with Crippen molar-refractivity contribution in [2.75, 3.05) is 34.8 Å². The second-order valence-electron chi connectivity index (χ2n) is 9.36. The quantitative estimate of drug-likeness (QED) is 0.481. The highest BCUT2D eigenvalue weighted by molar-refractivity contribution is 7.91. The Morgan fingerprint density at radius 3 is 2.51 bits per heavy atom. The molecule has 15 heteroatoms. The molecule has 0 spiro atoms. The van der Waals surface area contributed by atoms with Gasteiger partial charge in [0.25, 0.3) is 5.92 Å². The lowest BCUT2D eigenvalue weighted by Gasteiger charge is -2.37. The third-order valence-corrected chi connectivity index (χ3v) is 8.38. The van der Waals surface area contributed by atoms with E-state index in [-0.39, 0.29) is 59.0 Å². The Labute approximate surface area is 208 Å². The second-order valence-corrected chi connectivity index (χ2v) is 11.7. The van der Waals surface area contributed by atoms with Crippen molar-refractivity contribution in [3.63, 3.8) is 0 Å². The molecule has 1 unspecified atom stereocenters. The van der Waals surface area contributed by atoms with Crippen LogP contribution in [0.15, 0.2) is 30.5 Å². The van der Waals surface area contributed by atoms with E-state index >= 15 is 0 Å². The molecule has 0 radical (unpaired) electrons. The molecule has 2 aliphatic rings. The van der Waals surface area contributed by atoms with Crippen LogP contribution < -0.4 is 16.0 Å². The summed E-state index contributed by atoms with van der Waals surface area (Å²) in [6.45, 7) is -0.519. The Balaban J connectivity index is 1.58. The van der Waals surface area contributed by atoms with Gasteiger partial charge >= 0.3 is 6.18 Å². The number of piperidine rings is 1. The Bertz CT molecular complexity index is 1410. The Kier molecular flexibility index (Phi) is 6.25.